The lowest BCUT2D eigenvalue weighted by Gasteiger charge is -2.36. The zero-order chi connectivity index (χ0) is 28.8. The van der Waals surface area contributed by atoms with Crippen LogP contribution in [0.25, 0.3) is 11.3 Å². The molecule has 1 aliphatic heterocycles. The van der Waals surface area contributed by atoms with Crippen LogP contribution in [0.4, 0.5) is 4.79 Å². The van der Waals surface area contributed by atoms with Crippen molar-refractivity contribution >= 4 is 35.2 Å². The molecule has 11 heteroatoms. The molecular weight excluding hydrogens is 565 g/mol. The summed E-state index contributed by atoms with van der Waals surface area (Å²) in [6.07, 6.45) is 5.65. The van der Waals surface area contributed by atoms with Gasteiger partial charge in [0.05, 0.1) is 37.8 Å². The summed E-state index contributed by atoms with van der Waals surface area (Å²) in [6, 6.07) is 14.7. The van der Waals surface area contributed by atoms with Crippen molar-refractivity contribution < 1.29 is 19.1 Å². The third-order valence-corrected chi connectivity index (χ3v) is 8.22. The molecule has 0 bridgehead atoms. The number of hydrogen-bond donors (Lipinski definition) is 2. The highest BCUT2D eigenvalue weighted by Gasteiger charge is 2.35. The molecule has 41 heavy (non-hydrogen) atoms. The molecular formula is C30H35Cl2N5O4. The molecule has 1 saturated heterocycles. The quantitative estimate of drug-likeness (QED) is 0.351. The number of rotatable bonds is 8. The van der Waals surface area contributed by atoms with E-state index in [0.29, 0.717) is 54.2 Å². The van der Waals surface area contributed by atoms with Crippen LogP contribution in [0.2, 0.25) is 10.0 Å². The Morgan fingerprint density at radius 2 is 1.85 bits per heavy atom. The van der Waals surface area contributed by atoms with Gasteiger partial charge in [0.1, 0.15) is 5.75 Å². The Bertz CT molecular complexity index is 1330. The number of methoxy groups -OCH3 is 1. The lowest BCUT2D eigenvalue weighted by atomic mass is 9.89. The number of nitrogens with zero attached hydrogens (tertiary/aromatic N) is 3. The summed E-state index contributed by atoms with van der Waals surface area (Å²) in [5.74, 6) is 0.477. The summed E-state index contributed by atoms with van der Waals surface area (Å²) in [5, 5.41) is 7.42. The van der Waals surface area contributed by atoms with Crippen molar-refractivity contribution in [2.75, 3.05) is 33.4 Å². The Morgan fingerprint density at radius 1 is 1.10 bits per heavy atom. The number of benzene rings is 2. The number of halogens is 2. The van der Waals surface area contributed by atoms with Gasteiger partial charge < -0.3 is 29.6 Å². The smallest absolute Gasteiger partial charge is 0.407 e. The maximum atomic E-state index is 14.2. The van der Waals surface area contributed by atoms with Crippen LogP contribution in [-0.4, -0.2) is 71.9 Å². The number of ether oxygens (including phenoxy) is 2. The average molecular weight is 601 g/mol. The van der Waals surface area contributed by atoms with E-state index in [1.54, 1.807) is 24.5 Å². The minimum atomic E-state index is -0.453. The zero-order valence-electron chi connectivity index (χ0n) is 23.0. The first-order valence-electron chi connectivity index (χ1n) is 14.0. The van der Waals surface area contributed by atoms with Gasteiger partial charge in [-0.15, -0.1) is 0 Å². The first-order chi connectivity index (χ1) is 19.9. The van der Waals surface area contributed by atoms with Crippen molar-refractivity contribution in [2.45, 2.75) is 50.2 Å². The summed E-state index contributed by atoms with van der Waals surface area (Å²) < 4.78 is 12.9. The van der Waals surface area contributed by atoms with E-state index in [-0.39, 0.29) is 24.0 Å². The molecule has 9 nitrogen and oxygen atoms in total. The largest absolute Gasteiger partial charge is 0.493 e. The van der Waals surface area contributed by atoms with Crippen LogP contribution < -0.4 is 15.4 Å². The molecule has 3 aromatic rings. The number of carbonyl (C=O) groups is 2. The monoisotopic (exact) mass is 599 g/mol. The Labute approximate surface area is 250 Å². The molecule has 1 aromatic heterocycles. The number of imidazole rings is 1. The maximum absolute atomic E-state index is 14.2. The molecule has 2 amide bonds. The second kappa shape index (κ2) is 13.6. The van der Waals surface area contributed by atoms with Gasteiger partial charge in [-0.1, -0.05) is 66.4 Å². The SMILES string of the molecule is COC(=O)N[C@H]1CCCC[C@@H]1n1cnc(C(=O)N2CCNC[C@H]2CCOc2cc(Cl)cc(Cl)c2)c1-c1ccccc1. The van der Waals surface area contributed by atoms with Crippen molar-refractivity contribution in [3.63, 3.8) is 0 Å². The highest BCUT2D eigenvalue weighted by atomic mass is 35.5. The highest BCUT2D eigenvalue weighted by molar-refractivity contribution is 6.34. The standard InChI is InChI=1S/C30H35Cl2N5O4/c1-40-30(39)35-25-9-5-6-10-26(25)37-19-34-27(28(37)20-7-3-2-4-8-20)29(38)36-13-12-33-18-23(36)11-14-41-24-16-21(31)15-22(32)17-24/h2-4,7-8,15-17,19,23,25-26,33H,5-6,9-14,18H2,1H3,(H,35,39)/t23-,25+,26+/m1/s1. The first kappa shape index (κ1) is 29.2. The molecule has 2 N–H and O–H groups in total. The number of hydrogen-bond acceptors (Lipinski definition) is 6. The molecule has 1 saturated carbocycles. The van der Waals surface area contributed by atoms with Crippen LogP contribution in [-0.2, 0) is 4.74 Å². The lowest BCUT2D eigenvalue weighted by Crippen LogP contribution is -2.54. The van der Waals surface area contributed by atoms with Gasteiger partial charge >= 0.3 is 6.09 Å². The van der Waals surface area contributed by atoms with Gasteiger partial charge in [0.2, 0.25) is 0 Å². The van der Waals surface area contributed by atoms with Gasteiger partial charge in [-0.2, -0.15) is 0 Å². The van der Waals surface area contributed by atoms with E-state index in [2.05, 4.69) is 15.2 Å². The Hall–Kier alpha value is -3.27. The lowest BCUT2D eigenvalue weighted by molar-refractivity contribution is 0.0601. The van der Waals surface area contributed by atoms with Gasteiger partial charge in [0.15, 0.2) is 5.69 Å². The fraction of sp³-hybridized carbons (Fsp3) is 0.433. The van der Waals surface area contributed by atoms with Gasteiger partial charge in [-0.3, -0.25) is 4.79 Å². The first-order valence-corrected chi connectivity index (χ1v) is 14.8. The third-order valence-electron chi connectivity index (χ3n) is 7.79. The van der Waals surface area contributed by atoms with Crippen molar-refractivity contribution in [1.82, 2.24) is 25.1 Å². The fourth-order valence-electron chi connectivity index (χ4n) is 5.82. The van der Waals surface area contributed by atoms with E-state index in [9.17, 15) is 9.59 Å². The van der Waals surface area contributed by atoms with Crippen LogP contribution >= 0.6 is 23.2 Å². The number of alkyl carbamates (subject to hydrolysis) is 1. The minimum absolute atomic E-state index is 0.0520. The number of piperazine rings is 1. The van der Waals surface area contributed by atoms with E-state index >= 15 is 0 Å². The molecule has 0 unspecified atom stereocenters. The normalized spacial score (nSPS) is 20.9. The van der Waals surface area contributed by atoms with E-state index in [1.807, 2.05) is 35.2 Å². The number of amides is 2. The average Bonchev–Trinajstić information content (AvgIpc) is 3.42. The van der Waals surface area contributed by atoms with E-state index in [0.717, 1.165) is 36.9 Å². The summed E-state index contributed by atoms with van der Waals surface area (Å²) in [5.41, 5.74) is 2.08. The molecule has 1 aliphatic carbocycles. The summed E-state index contributed by atoms with van der Waals surface area (Å²) in [6.45, 7) is 2.31. The minimum Gasteiger partial charge on any atom is -0.493 e. The predicted octanol–water partition coefficient (Wildman–Crippen LogP) is 5.58. The molecule has 0 spiro atoms. The molecule has 0 radical (unpaired) electrons. The summed E-state index contributed by atoms with van der Waals surface area (Å²) in [4.78, 5) is 32.9. The van der Waals surface area contributed by atoms with Gasteiger partial charge in [-0.25, -0.2) is 9.78 Å². The maximum Gasteiger partial charge on any atom is 0.407 e. The second-order valence-corrected chi connectivity index (χ2v) is 11.3. The Kier molecular flexibility index (Phi) is 9.69. The summed E-state index contributed by atoms with van der Waals surface area (Å²) >= 11 is 12.2. The molecule has 2 fully saturated rings. The van der Waals surface area contributed by atoms with Crippen molar-refractivity contribution in [3.8, 4) is 17.0 Å². The van der Waals surface area contributed by atoms with E-state index < -0.39 is 6.09 Å². The van der Waals surface area contributed by atoms with Crippen LogP contribution in [0.1, 0.15) is 48.6 Å². The highest BCUT2D eigenvalue weighted by Crippen LogP contribution is 2.35. The molecule has 3 atom stereocenters. The Balaban J connectivity index is 1.40. The van der Waals surface area contributed by atoms with Crippen molar-refractivity contribution in [3.05, 3.63) is 70.6 Å². The van der Waals surface area contributed by atoms with Gasteiger partial charge in [-0.05, 0) is 31.0 Å². The van der Waals surface area contributed by atoms with Crippen molar-refractivity contribution in [2.24, 2.45) is 0 Å². The van der Waals surface area contributed by atoms with Gasteiger partial charge in [0.25, 0.3) is 5.91 Å². The summed E-state index contributed by atoms with van der Waals surface area (Å²) in [7, 11) is 1.37. The topological polar surface area (TPSA) is 97.7 Å². The fourth-order valence-corrected chi connectivity index (χ4v) is 6.33. The van der Waals surface area contributed by atoms with E-state index in [4.69, 9.17) is 37.7 Å². The molecule has 5 rings (SSSR count). The number of carbonyl (C=O) groups excluding carboxylic acids is 2. The van der Waals surface area contributed by atoms with E-state index in [1.165, 1.54) is 7.11 Å². The zero-order valence-corrected chi connectivity index (χ0v) is 24.5. The van der Waals surface area contributed by atoms with Crippen LogP contribution in [0.15, 0.2) is 54.9 Å². The van der Waals surface area contributed by atoms with Crippen LogP contribution in [0, 0.1) is 0 Å². The van der Waals surface area contributed by atoms with Crippen LogP contribution in [0.3, 0.4) is 0 Å². The van der Waals surface area contributed by atoms with Gasteiger partial charge in [0, 0.05) is 47.7 Å². The number of aromatic nitrogens is 2. The molecule has 2 heterocycles. The van der Waals surface area contributed by atoms with Crippen molar-refractivity contribution in [1.29, 1.82) is 0 Å². The molecule has 2 aliphatic rings. The number of nitrogens with one attached hydrogen (secondary N) is 2. The second-order valence-electron chi connectivity index (χ2n) is 10.4. The predicted molar refractivity (Wildman–Crippen MR) is 159 cm³/mol. The van der Waals surface area contributed by atoms with Crippen LogP contribution in [0.5, 0.6) is 5.75 Å². The molecule has 218 valence electrons. The molecule has 2 aromatic carbocycles. The Morgan fingerprint density at radius 3 is 2.61 bits per heavy atom. The third kappa shape index (κ3) is 6.97.